The lowest BCUT2D eigenvalue weighted by Crippen LogP contribution is -2.29. The number of Topliss-reactive ketones (excluding diaryl/α,β-unsaturated/α-hetero) is 1. The number of hydrogen-bond donors (Lipinski definition) is 1. The fraction of sp³-hybridized carbons (Fsp3) is 0.875. The molecule has 1 amide bonds. The maximum Gasteiger partial charge on any atom is 0.245 e. The van der Waals surface area contributed by atoms with Crippen LogP contribution in [0.25, 0.3) is 0 Å². The van der Waals surface area contributed by atoms with Gasteiger partial charge < -0.3 is 29.1 Å². The number of unbranched alkanes of at least 4 members (excludes halogenated alkanes) is 2. The summed E-state index contributed by atoms with van der Waals surface area (Å²) in [6.07, 6.45) is 3.33. The van der Waals surface area contributed by atoms with E-state index in [9.17, 15) is 9.59 Å². The topological polar surface area (TPSA) is 83.1 Å². The number of rotatable bonds is 17. The second kappa shape index (κ2) is 17.3. The fourth-order valence-corrected chi connectivity index (χ4v) is 1.70. The van der Waals surface area contributed by atoms with Crippen molar-refractivity contribution in [2.75, 3.05) is 59.9 Å². The van der Waals surface area contributed by atoms with E-state index in [0.29, 0.717) is 52.6 Å². The van der Waals surface area contributed by atoms with E-state index < -0.39 is 0 Å². The first-order valence-corrected chi connectivity index (χ1v) is 8.15. The fourth-order valence-electron chi connectivity index (χ4n) is 1.70. The van der Waals surface area contributed by atoms with Crippen LogP contribution in [0.2, 0.25) is 0 Å². The molecule has 0 aromatic carbocycles. The molecule has 0 unspecified atom stereocenters. The summed E-state index contributed by atoms with van der Waals surface area (Å²) < 4.78 is 20.6. The summed E-state index contributed by atoms with van der Waals surface area (Å²) in [5.74, 6) is 0.0886. The molecule has 0 saturated carbocycles. The molecular weight excluding hydrogens is 302 g/mol. The molecule has 0 atom stereocenters. The summed E-state index contributed by atoms with van der Waals surface area (Å²) in [7, 11) is 1.63. The van der Waals surface area contributed by atoms with Gasteiger partial charge >= 0.3 is 0 Å². The largest absolute Gasteiger partial charge is 0.382 e. The van der Waals surface area contributed by atoms with E-state index in [-0.39, 0.29) is 18.3 Å². The Labute approximate surface area is 139 Å². The van der Waals surface area contributed by atoms with E-state index in [1.807, 2.05) is 0 Å². The van der Waals surface area contributed by atoms with Crippen LogP contribution in [0.1, 0.15) is 32.6 Å². The van der Waals surface area contributed by atoms with Crippen molar-refractivity contribution in [2.24, 2.45) is 0 Å². The highest BCUT2D eigenvalue weighted by atomic mass is 16.6. The quantitative estimate of drug-likeness (QED) is 0.399. The van der Waals surface area contributed by atoms with Crippen LogP contribution in [-0.4, -0.2) is 71.6 Å². The average molecular weight is 333 g/mol. The minimum absolute atomic E-state index is 0.0428. The molecule has 0 aliphatic carbocycles. The smallest absolute Gasteiger partial charge is 0.245 e. The summed E-state index contributed by atoms with van der Waals surface area (Å²) in [6, 6.07) is 0. The first kappa shape index (κ1) is 22.0. The molecule has 7 nitrogen and oxygen atoms in total. The van der Waals surface area contributed by atoms with Gasteiger partial charge in [-0.1, -0.05) is 6.42 Å². The highest BCUT2D eigenvalue weighted by Gasteiger charge is 2.01. The van der Waals surface area contributed by atoms with Crippen LogP contribution in [0.5, 0.6) is 0 Å². The second-order valence-corrected chi connectivity index (χ2v) is 5.13. The zero-order valence-electron chi connectivity index (χ0n) is 14.4. The van der Waals surface area contributed by atoms with Gasteiger partial charge in [-0.25, -0.2) is 0 Å². The van der Waals surface area contributed by atoms with Crippen LogP contribution < -0.4 is 5.32 Å². The van der Waals surface area contributed by atoms with Crippen LogP contribution in [0.3, 0.4) is 0 Å². The zero-order valence-corrected chi connectivity index (χ0v) is 14.4. The number of carbonyl (C=O) groups excluding carboxylic acids is 2. The average Bonchev–Trinajstić information content (AvgIpc) is 2.52. The molecule has 0 aromatic heterocycles. The number of ketones is 1. The molecule has 0 aromatic rings. The summed E-state index contributed by atoms with van der Waals surface area (Å²) in [5.41, 5.74) is 0. The molecule has 0 spiro atoms. The van der Waals surface area contributed by atoms with E-state index in [0.717, 1.165) is 19.3 Å². The molecule has 0 fully saturated rings. The highest BCUT2D eigenvalue weighted by molar-refractivity contribution is 5.77. The van der Waals surface area contributed by atoms with E-state index >= 15 is 0 Å². The van der Waals surface area contributed by atoms with Crippen LogP contribution in [0.15, 0.2) is 0 Å². The third kappa shape index (κ3) is 18.9. The number of amides is 1. The molecule has 23 heavy (non-hydrogen) atoms. The molecule has 0 aliphatic heterocycles. The van der Waals surface area contributed by atoms with Crippen molar-refractivity contribution in [1.82, 2.24) is 5.32 Å². The molecule has 136 valence electrons. The third-order valence-corrected chi connectivity index (χ3v) is 2.94. The van der Waals surface area contributed by atoms with Gasteiger partial charge in [0.2, 0.25) is 5.91 Å². The van der Waals surface area contributed by atoms with Crippen molar-refractivity contribution in [2.45, 2.75) is 32.6 Å². The number of nitrogens with one attached hydrogen (secondary N) is 1. The van der Waals surface area contributed by atoms with Crippen molar-refractivity contribution < 1.29 is 28.5 Å². The van der Waals surface area contributed by atoms with Gasteiger partial charge in [0.05, 0.1) is 39.6 Å². The molecule has 0 bridgehead atoms. The summed E-state index contributed by atoms with van der Waals surface area (Å²) >= 11 is 0. The molecule has 0 aliphatic rings. The van der Waals surface area contributed by atoms with Gasteiger partial charge in [-0.3, -0.25) is 4.79 Å². The number of hydrogen-bond acceptors (Lipinski definition) is 6. The van der Waals surface area contributed by atoms with Gasteiger partial charge in [0.1, 0.15) is 12.4 Å². The van der Waals surface area contributed by atoms with Crippen molar-refractivity contribution in [3.63, 3.8) is 0 Å². The Kier molecular flexibility index (Phi) is 16.6. The van der Waals surface area contributed by atoms with Crippen molar-refractivity contribution in [1.29, 1.82) is 0 Å². The summed E-state index contributed by atoms with van der Waals surface area (Å²) in [5, 5.41) is 2.78. The molecule has 0 radical (unpaired) electrons. The SMILES string of the molecule is COCCOCCOCCOCC(=O)NCCCCCC(C)=O. The van der Waals surface area contributed by atoms with E-state index in [1.54, 1.807) is 14.0 Å². The Morgan fingerprint density at radius 1 is 0.826 bits per heavy atom. The first-order valence-electron chi connectivity index (χ1n) is 8.15. The predicted molar refractivity (Wildman–Crippen MR) is 86.5 cm³/mol. The molecule has 0 saturated heterocycles. The molecule has 0 rings (SSSR count). The van der Waals surface area contributed by atoms with Crippen molar-refractivity contribution in [3.05, 3.63) is 0 Å². The summed E-state index contributed by atoms with van der Waals surface area (Å²) in [6.45, 7) is 5.23. The Balaban J connectivity index is 3.17. The van der Waals surface area contributed by atoms with Gasteiger partial charge in [0.15, 0.2) is 0 Å². The first-order chi connectivity index (χ1) is 11.2. The minimum Gasteiger partial charge on any atom is -0.382 e. The Morgan fingerprint density at radius 3 is 2.04 bits per heavy atom. The maximum atomic E-state index is 11.5. The lowest BCUT2D eigenvalue weighted by atomic mass is 10.1. The van der Waals surface area contributed by atoms with E-state index in [4.69, 9.17) is 18.9 Å². The Bertz CT molecular complexity index is 298. The number of carbonyl (C=O) groups is 2. The Morgan fingerprint density at radius 2 is 1.43 bits per heavy atom. The normalized spacial score (nSPS) is 10.7. The van der Waals surface area contributed by atoms with Crippen LogP contribution >= 0.6 is 0 Å². The summed E-state index contributed by atoms with van der Waals surface area (Å²) in [4.78, 5) is 22.2. The molecule has 7 heteroatoms. The van der Waals surface area contributed by atoms with E-state index in [2.05, 4.69) is 5.32 Å². The number of methoxy groups -OCH3 is 1. The van der Waals surface area contributed by atoms with Gasteiger partial charge in [-0.15, -0.1) is 0 Å². The van der Waals surface area contributed by atoms with Crippen LogP contribution in [0.4, 0.5) is 0 Å². The van der Waals surface area contributed by atoms with Crippen molar-refractivity contribution in [3.8, 4) is 0 Å². The lowest BCUT2D eigenvalue weighted by molar-refractivity contribution is -0.126. The zero-order chi connectivity index (χ0) is 17.2. The standard InChI is InChI=1S/C16H31NO6/c1-15(18)6-4-3-5-7-17-16(19)14-23-13-12-22-11-10-21-9-8-20-2/h3-14H2,1-2H3,(H,17,19). The third-order valence-electron chi connectivity index (χ3n) is 2.94. The monoisotopic (exact) mass is 333 g/mol. The van der Waals surface area contributed by atoms with Crippen LogP contribution in [-0.2, 0) is 28.5 Å². The predicted octanol–water partition coefficient (Wildman–Crippen LogP) is 0.948. The van der Waals surface area contributed by atoms with Crippen LogP contribution in [0, 0.1) is 0 Å². The Hall–Kier alpha value is -1.02. The lowest BCUT2D eigenvalue weighted by Gasteiger charge is -2.07. The number of ether oxygens (including phenoxy) is 4. The van der Waals surface area contributed by atoms with Crippen molar-refractivity contribution >= 4 is 11.7 Å². The van der Waals surface area contributed by atoms with Gasteiger partial charge in [-0.05, 0) is 19.8 Å². The highest BCUT2D eigenvalue weighted by Crippen LogP contribution is 1.99. The molecule has 1 N–H and O–H groups in total. The molecular formula is C16H31NO6. The second-order valence-electron chi connectivity index (χ2n) is 5.13. The van der Waals surface area contributed by atoms with E-state index in [1.165, 1.54) is 0 Å². The van der Waals surface area contributed by atoms with Gasteiger partial charge in [0.25, 0.3) is 0 Å². The van der Waals surface area contributed by atoms with Gasteiger partial charge in [-0.2, -0.15) is 0 Å². The minimum atomic E-state index is -0.125. The van der Waals surface area contributed by atoms with Gasteiger partial charge in [0, 0.05) is 20.1 Å². The molecule has 0 heterocycles. The maximum absolute atomic E-state index is 11.5.